The van der Waals surface area contributed by atoms with Gasteiger partial charge in [-0.05, 0) is 0 Å². The molecule has 0 aromatic carbocycles. The van der Waals surface area contributed by atoms with Gasteiger partial charge < -0.3 is 15.2 Å². The fraction of sp³-hybridized carbons (Fsp3) is 0.800. The van der Waals surface area contributed by atoms with Gasteiger partial charge in [0.1, 0.15) is 12.7 Å². The number of ether oxygens (including phenoxy) is 2. The van der Waals surface area contributed by atoms with Crippen LogP contribution in [0.4, 0.5) is 0 Å². The second-order valence-corrected chi connectivity index (χ2v) is 1.84. The molecule has 1 heterocycles. The molecule has 0 spiro atoms. The van der Waals surface area contributed by atoms with Crippen molar-refractivity contribution in [1.29, 1.82) is 0 Å². The fourth-order valence-electron chi connectivity index (χ4n) is 0.409. The molecule has 0 amide bonds. The van der Waals surface area contributed by atoms with Gasteiger partial charge in [0, 0.05) is 0 Å². The van der Waals surface area contributed by atoms with Crippen LogP contribution in [0.3, 0.4) is 0 Å². The van der Waals surface area contributed by atoms with Crippen molar-refractivity contribution in [3.8, 4) is 0 Å². The highest BCUT2D eigenvalue weighted by atomic mass is 16.6. The molecule has 0 aliphatic carbocycles. The SMILES string of the molecule is NCC(=O)OCC1CO1. The Labute approximate surface area is 52.9 Å². The van der Waals surface area contributed by atoms with Crippen LogP contribution in [-0.2, 0) is 14.3 Å². The number of esters is 1. The average molecular weight is 131 g/mol. The zero-order valence-corrected chi connectivity index (χ0v) is 5.00. The van der Waals surface area contributed by atoms with Crippen LogP contribution in [0.15, 0.2) is 0 Å². The van der Waals surface area contributed by atoms with Crippen molar-refractivity contribution in [1.82, 2.24) is 0 Å². The van der Waals surface area contributed by atoms with E-state index in [0.29, 0.717) is 13.2 Å². The van der Waals surface area contributed by atoms with Crippen molar-refractivity contribution in [2.24, 2.45) is 5.73 Å². The lowest BCUT2D eigenvalue weighted by Gasteiger charge is -1.97. The number of epoxide rings is 1. The predicted octanol–water partition coefficient (Wildman–Crippen LogP) is -1.11. The first-order valence-electron chi connectivity index (χ1n) is 2.80. The summed E-state index contributed by atoms with van der Waals surface area (Å²) in [5.41, 5.74) is 4.96. The molecule has 2 N–H and O–H groups in total. The number of nitrogens with two attached hydrogens (primary N) is 1. The molecule has 0 bridgehead atoms. The molecule has 1 saturated heterocycles. The highest BCUT2D eigenvalue weighted by molar-refractivity contribution is 5.71. The van der Waals surface area contributed by atoms with Gasteiger partial charge in [0.25, 0.3) is 0 Å². The Morgan fingerprint density at radius 3 is 3.00 bits per heavy atom. The number of hydrogen-bond donors (Lipinski definition) is 1. The van der Waals surface area contributed by atoms with Gasteiger partial charge in [-0.2, -0.15) is 0 Å². The number of hydrogen-bond acceptors (Lipinski definition) is 4. The van der Waals surface area contributed by atoms with Crippen LogP contribution in [0.2, 0.25) is 0 Å². The molecule has 0 saturated carbocycles. The lowest BCUT2D eigenvalue weighted by atomic mass is 10.5. The van der Waals surface area contributed by atoms with Crippen LogP contribution < -0.4 is 5.73 Å². The fourth-order valence-corrected chi connectivity index (χ4v) is 0.409. The summed E-state index contributed by atoms with van der Waals surface area (Å²) in [6.45, 7) is 1.01. The lowest BCUT2D eigenvalue weighted by Crippen LogP contribution is -2.18. The monoisotopic (exact) mass is 131 g/mol. The maximum atomic E-state index is 10.3. The largest absolute Gasteiger partial charge is 0.462 e. The van der Waals surface area contributed by atoms with Gasteiger partial charge in [-0.3, -0.25) is 4.79 Å². The third-order valence-corrected chi connectivity index (χ3v) is 0.999. The molecule has 1 aliphatic heterocycles. The Balaban J connectivity index is 1.96. The zero-order chi connectivity index (χ0) is 6.69. The van der Waals surface area contributed by atoms with Gasteiger partial charge >= 0.3 is 5.97 Å². The van der Waals surface area contributed by atoms with Crippen LogP contribution in [0.1, 0.15) is 0 Å². The quantitative estimate of drug-likeness (QED) is 0.389. The molecule has 52 valence electrons. The topological polar surface area (TPSA) is 64.9 Å². The lowest BCUT2D eigenvalue weighted by molar-refractivity contribution is -0.142. The highest BCUT2D eigenvalue weighted by Gasteiger charge is 2.23. The second-order valence-electron chi connectivity index (χ2n) is 1.84. The smallest absolute Gasteiger partial charge is 0.319 e. The third kappa shape index (κ3) is 2.43. The minimum Gasteiger partial charge on any atom is -0.462 e. The first kappa shape index (κ1) is 6.51. The molecular formula is C5H9NO3. The van der Waals surface area contributed by atoms with Crippen molar-refractivity contribution in [2.75, 3.05) is 19.8 Å². The van der Waals surface area contributed by atoms with Crippen LogP contribution in [-0.4, -0.2) is 31.8 Å². The van der Waals surface area contributed by atoms with Crippen molar-refractivity contribution < 1.29 is 14.3 Å². The maximum Gasteiger partial charge on any atom is 0.319 e. The van der Waals surface area contributed by atoms with E-state index in [-0.39, 0.29) is 18.6 Å². The third-order valence-electron chi connectivity index (χ3n) is 0.999. The summed E-state index contributed by atoms with van der Waals surface area (Å²) in [7, 11) is 0. The summed E-state index contributed by atoms with van der Waals surface area (Å²) in [4.78, 5) is 10.3. The van der Waals surface area contributed by atoms with Gasteiger partial charge in [0.05, 0.1) is 13.2 Å². The number of carbonyl (C=O) groups is 1. The van der Waals surface area contributed by atoms with Crippen LogP contribution >= 0.6 is 0 Å². The van der Waals surface area contributed by atoms with Gasteiger partial charge in [0.15, 0.2) is 0 Å². The van der Waals surface area contributed by atoms with E-state index in [2.05, 4.69) is 4.74 Å². The Morgan fingerprint density at radius 2 is 2.56 bits per heavy atom. The normalized spacial score (nSPS) is 23.4. The molecule has 1 aliphatic rings. The van der Waals surface area contributed by atoms with E-state index in [1.54, 1.807) is 0 Å². The summed E-state index contributed by atoms with van der Waals surface area (Å²) in [5.74, 6) is -0.370. The van der Waals surface area contributed by atoms with E-state index in [4.69, 9.17) is 10.5 Å². The number of carbonyl (C=O) groups excluding carboxylic acids is 1. The summed E-state index contributed by atoms with van der Waals surface area (Å²) in [5, 5.41) is 0. The molecule has 9 heavy (non-hydrogen) atoms. The molecule has 0 aromatic heterocycles. The highest BCUT2D eigenvalue weighted by Crippen LogP contribution is 2.07. The summed E-state index contributed by atoms with van der Waals surface area (Å²) in [6, 6.07) is 0. The van der Waals surface area contributed by atoms with Crippen LogP contribution in [0, 0.1) is 0 Å². The molecule has 1 rings (SSSR count). The van der Waals surface area contributed by atoms with Gasteiger partial charge in [-0.15, -0.1) is 0 Å². The van der Waals surface area contributed by atoms with Gasteiger partial charge in [-0.25, -0.2) is 0 Å². The van der Waals surface area contributed by atoms with Gasteiger partial charge in [-0.1, -0.05) is 0 Å². The zero-order valence-electron chi connectivity index (χ0n) is 5.00. The Bertz CT molecular complexity index is 111. The van der Waals surface area contributed by atoms with Crippen molar-refractivity contribution in [2.45, 2.75) is 6.10 Å². The second kappa shape index (κ2) is 2.80. The summed E-state index contributed by atoms with van der Waals surface area (Å²) >= 11 is 0. The minimum absolute atomic E-state index is 0.0489. The average Bonchev–Trinajstić information content (AvgIpc) is 2.65. The molecule has 1 unspecified atom stereocenters. The van der Waals surface area contributed by atoms with E-state index < -0.39 is 0 Å². The molecule has 0 aromatic rings. The first-order valence-corrected chi connectivity index (χ1v) is 2.80. The van der Waals surface area contributed by atoms with E-state index >= 15 is 0 Å². The molecule has 4 nitrogen and oxygen atoms in total. The van der Waals surface area contributed by atoms with Crippen molar-refractivity contribution in [3.63, 3.8) is 0 Å². The Morgan fingerprint density at radius 1 is 1.89 bits per heavy atom. The van der Waals surface area contributed by atoms with Crippen molar-refractivity contribution in [3.05, 3.63) is 0 Å². The molecule has 1 atom stereocenters. The summed E-state index contributed by atoms with van der Waals surface area (Å²) in [6.07, 6.45) is 0.139. The van der Waals surface area contributed by atoms with E-state index in [1.165, 1.54) is 0 Å². The molecule has 0 radical (unpaired) electrons. The minimum atomic E-state index is -0.370. The van der Waals surface area contributed by atoms with E-state index in [9.17, 15) is 4.79 Å². The summed E-state index contributed by atoms with van der Waals surface area (Å²) < 4.78 is 9.41. The first-order chi connectivity index (χ1) is 4.33. The van der Waals surface area contributed by atoms with Crippen LogP contribution in [0.25, 0.3) is 0 Å². The van der Waals surface area contributed by atoms with Crippen LogP contribution in [0.5, 0.6) is 0 Å². The van der Waals surface area contributed by atoms with Crippen molar-refractivity contribution >= 4 is 5.97 Å². The van der Waals surface area contributed by atoms with Gasteiger partial charge in [0.2, 0.25) is 0 Å². The Kier molecular flexibility index (Phi) is 2.02. The molecule has 1 fully saturated rings. The maximum absolute atomic E-state index is 10.3. The molecule has 4 heteroatoms. The van der Waals surface area contributed by atoms with E-state index in [0.717, 1.165) is 0 Å². The van der Waals surface area contributed by atoms with E-state index in [1.807, 2.05) is 0 Å². The Hall–Kier alpha value is -0.610. The number of rotatable bonds is 3. The predicted molar refractivity (Wildman–Crippen MR) is 29.8 cm³/mol. The standard InChI is InChI=1S/C5H9NO3/c6-1-5(7)9-3-4-2-8-4/h4H,1-3,6H2. The molecular weight excluding hydrogens is 122 g/mol.